The van der Waals surface area contributed by atoms with Crippen LogP contribution in [0, 0.1) is 6.07 Å². The Labute approximate surface area is 165 Å². The second-order valence-electron chi connectivity index (χ2n) is 6.93. The van der Waals surface area contributed by atoms with Crippen molar-refractivity contribution in [1.82, 2.24) is 0 Å². The van der Waals surface area contributed by atoms with E-state index in [4.69, 9.17) is 0 Å². The zero-order valence-corrected chi connectivity index (χ0v) is 15.5. The fourth-order valence-corrected chi connectivity index (χ4v) is 3.84. The summed E-state index contributed by atoms with van der Waals surface area (Å²) in [5.74, 6) is 0. The summed E-state index contributed by atoms with van der Waals surface area (Å²) in [5.41, 5.74) is 7.31. The summed E-state index contributed by atoms with van der Waals surface area (Å²) in [6, 6.07) is 44.0. The normalized spacial score (nSPS) is 10.9. The molecule has 131 valence electrons. The molecule has 0 aliphatic carbocycles. The topological polar surface area (TPSA) is 0 Å². The van der Waals surface area contributed by atoms with Gasteiger partial charge in [0.2, 0.25) is 0 Å². The zero-order valence-electron chi connectivity index (χ0n) is 15.5. The average molecular weight is 355 g/mol. The van der Waals surface area contributed by atoms with Crippen LogP contribution in [0.1, 0.15) is 0 Å². The molecule has 0 spiro atoms. The van der Waals surface area contributed by atoms with Crippen molar-refractivity contribution in [3.05, 3.63) is 121 Å². The molecule has 1 radical (unpaired) electrons. The third kappa shape index (κ3) is 3.00. The molecule has 5 aromatic carbocycles. The lowest BCUT2D eigenvalue weighted by Crippen LogP contribution is -1.89. The molecule has 0 nitrogen and oxygen atoms in total. The lowest BCUT2D eigenvalue weighted by Gasteiger charge is -2.15. The second-order valence-corrected chi connectivity index (χ2v) is 6.93. The van der Waals surface area contributed by atoms with Crippen molar-refractivity contribution in [3.8, 4) is 33.4 Å². The molecule has 0 atom stereocenters. The Morgan fingerprint density at radius 1 is 0.500 bits per heavy atom. The predicted molar refractivity (Wildman–Crippen MR) is 119 cm³/mol. The van der Waals surface area contributed by atoms with Crippen molar-refractivity contribution >= 4 is 10.8 Å². The Bertz CT molecular complexity index is 1220. The maximum Gasteiger partial charge on any atom is -0.00206 e. The van der Waals surface area contributed by atoms with Gasteiger partial charge in [-0.2, -0.15) is 0 Å². The molecule has 0 saturated carbocycles. The first-order valence-corrected chi connectivity index (χ1v) is 9.55. The molecule has 28 heavy (non-hydrogen) atoms. The van der Waals surface area contributed by atoms with E-state index in [2.05, 4.69) is 109 Å². The molecule has 0 N–H and O–H groups in total. The van der Waals surface area contributed by atoms with E-state index >= 15 is 0 Å². The standard InChI is InChI=1S/C28H19/c1-4-10-21(11-5-1)24-16-18-27-25(20-24)17-19-26(22-12-6-2-7-13-22)28(27)23-14-8-3-9-15-23/h1-14,16-20H. The fourth-order valence-electron chi connectivity index (χ4n) is 3.84. The molecular weight excluding hydrogens is 336 g/mol. The van der Waals surface area contributed by atoms with Crippen LogP contribution in [0.4, 0.5) is 0 Å². The quantitative estimate of drug-likeness (QED) is 0.312. The van der Waals surface area contributed by atoms with Gasteiger partial charge >= 0.3 is 0 Å². The van der Waals surface area contributed by atoms with Gasteiger partial charge in [0, 0.05) is 0 Å². The number of benzene rings is 5. The van der Waals surface area contributed by atoms with Crippen molar-refractivity contribution in [2.75, 3.05) is 0 Å². The number of fused-ring (bicyclic) bond motifs is 1. The van der Waals surface area contributed by atoms with E-state index < -0.39 is 0 Å². The van der Waals surface area contributed by atoms with Crippen molar-refractivity contribution in [2.24, 2.45) is 0 Å². The highest BCUT2D eigenvalue weighted by molar-refractivity contribution is 6.05. The Morgan fingerprint density at radius 3 is 1.93 bits per heavy atom. The first-order valence-electron chi connectivity index (χ1n) is 9.55. The number of rotatable bonds is 3. The smallest absolute Gasteiger partial charge is 0.00206 e. The van der Waals surface area contributed by atoms with Gasteiger partial charge in [-0.05, 0) is 56.3 Å². The monoisotopic (exact) mass is 355 g/mol. The summed E-state index contributed by atoms with van der Waals surface area (Å²) in [5, 5.41) is 2.50. The van der Waals surface area contributed by atoms with E-state index in [1.807, 2.05) is 12.1 Å². The highest BCUT2D eigenvalue weighted by Gasteiger charge is 2.12. The van der Waals surface area contributed by atoms with Gasteiger partial charge in [-0.3, -0.25) is 0 Å². The summed E-state index contributed by atoms with van der Waals surface area (Å²) in [4.78, 5) is 0. The molecule has 5 rings (SSSR count). The van der Waals surface area contributed by atoms with Gasteiger partial charge < -0.3 is 0 Å². The van der Waals surface area contributed by atoms with Crippen LogP contribution in [0.5, 0.6) is 0 Å². The third-order valence-electron chi connectivity index (χ3n) is 5.19. The van der Waals surface area contributed by atoms with Crippen molar-refractivity contribution in [2.45, 2.75) is 0 Å². The van der Waals surface area contributed by atoms with Crippen molar-refractivity contribution < 1.29 is 0 Å². The Balaban J connectivity index is 1.78. The molecular formula is C28H19. The maximum atomic E-state index is 3.43. The molecule has 0 heterocycles. The second kappa shape index (κ2) is 7.17. The molecule has 0 aliphatic heterocycles. The molecule has 0 aliphatic rings. The highest BCUT2D eigenvalue weighted by atomic mass is 14.2. The van der Waals surface area contributed by atoms with Crippen LogP contribution in [0.2, 0.25) is 0 Å². The molecule has 0 heteroatoms. The summed E-state index contributed by atoms with van der Waals surface area (Å²) in [7, 11) is 0. The van der Waals surface area contributed by atoms with Crippen LogP contribution >= 0.6 is 0 Å². The van der Waals surface area contributed by atoms with Crippen LogP contribution in [-0.2, 0) is 0 Å². The summed E-state index contributed by atoms with van der Waals surface area (Å²) in [6.07, 6.45) is 0. The highest BCUT2D eigenvalue weighted by Crippen LogP contribution is 2.39. The number of hydrogen-bond donors (Lipinski definition) is 0. The molecule has 0 aromatic heterocycles. The molecule has 0 fully saturated rings. The van der Waals surface area contributed by atoms with Gasteiger partial charge in [-0.25, -0.2) is 0 Å². The minimum Gasteiger partial charge on any atom is -0.0622 e. The van der Waals surface area contributed by atoms with Crippen LogP contribution in [0.25, 0.3) is 44.2 Å². The van der Waals surface area contributed by atoms with Crippen molar-refractivity contribution in [3.63, 3.8) is 0 Å². The first-order chi connectivity index (χ1) is 13.9. The van der Waals surface area contributed by atoms with E-state index in [1.165, 1.54) is 38.6 Å². The lowest BCUT2D eigenvalue weighted by atomic mass is 9.89. The van der Waals surface area contributed by atoms with E-state index in [9.17, 15) is 0 Å². The molecule has 0 saturated heterocycles. The van der Waals surface area contributed by atoms with Crippen molar-refractivity contribution in [1.29, 1.82) is 0 Å². The fraction of sp³-hybridized carbons (Fsp3) is 0. The van der Waals surface area contributed by atoms with Gasteiger partial charge in [-0.1, -0.05) is 109 Å². The zero-order chi connectivity index (χ0) is 18.8. The third-order valence-corrected chi connectivity index (χ3v) is 5.19. The molecule has 0 bridgehead atoms. The largest absolute Gasteiger partial charge is 0.0622 e. The van der Waals surface area contributed by atoms with E-state index in [0.717, 1.165) is 5.56 Å². The van der Waals surface area contributed by atoms with Gasteiger partial charge in [0.15, 0.2) is 0 Å². The molecule has 5 aromatic rings. The Morgan fingerprint density at radius 2 is 1.21 bits per heavy atom. The SMILES string of the molecule is [c]1ccccc1-c1c(-c2ccccc2)ccc2cc(-c3ccccc3)ccc12. The number of hydrogen-bond acceptors (Lipinski definition) is 0. The van der Waals surface area contributed by atoms with E-state index in [-0.39, 0.29) is 0 Å². The van der Waals surface area contributed by atoms with E-state index in [1.54, 1.807) is 0 Å². The minimum atomic E-state index is 1.12. The van der Waals surface area contributed by atoms with Crippen LogP contribution in [0.3, 0.4) is 0 Å². The summed E-state index contributed by atoms with van der Waals surface area (Å²) < 4.78 is 0. The molecule has 0 unspecified atom stereocenters. The Hall–Kier alpha value is -3.64. The van der Waals surface area contributed by atoms with E-state index in [0.29, 0.717) is 0 Å². The van der Waals surface area contributed by atoms with Crippen LogP contribution in [-0.4, -0.2) is 0 Å². The predicted octanol–water partition coefficient (Wildman–Crippen LogP) is 7.64. The van der Waals surface area contributed by atoms with Gasteiger partial charge in [0.25, 0.3) is 0 Å². The average Bonchev–Trinajstić information content (AvgIpc) is 2.79. The molecule has 0 amide bonds. The van der Waals surface area contributed by atoms with Gasteiger partial charge in [-0.15, -0.1) is 0 Å². The summed E-state index contributed by atoms with van der Waals surface area (Å²) >= 11 is 0. The summed E-state index contributed by atoms with van der Waals surface area (Å²) in [6.45, 7) is 0. The van der Waals surface area contributed by atoms with Crippen LogP contribution < -0.4 is 0 Å². The minimum absolute atomic E-state index is 1.12. The lowest BCUT2D eigenvalue weighted by molar-refractivity contribution is 1.59. The van der Waals surface area contributed by atoms with Crippen LogP contribution in [0.15, 0.2) is 115 Å². The van der Waals surface area contributed by atoms with Gasteiger partial charge in [0.05, 0.1) is 0 Å². The Kier molecular flexibility index (Phi) is 4.23. The first kappa shape index (κ1) is 16.5. The maximum absolute atomic E-state index is 3.43. The van der Waals surface area contributed by atoms with Gasteiger partial charge in [0.1, 0.15) is 0 Å².